The molecule has 11 nitrogen and oxygen atoms in total. The molecule has 0 saturated carbocycles. The quantitative estimate of drug-likeness (QED) is 0.0195. The molecule has 1 rings (SSSR count). The number of carbonyl (C=O) groups excluding carboxylic acids is 2. The number of nitrogens with one attached hydrogen (secondary N) is 1. The lowest BCUT2D eigenvalue weighted by Gasteiger charge is -2.41. The molecule has 1 heterocycles. The van der Waals surface area contributed by atoms with E-state index in [1.807, 2.05) is 6.08 Å². The van der Waals surface area contributed by atoms with Crippen LogP contribution in [0, 0.1) is 0 Å². The number of aliphatic hydroxyl groups excluding tert-OH is 5. The van der Waals surface area contributed by atoms with Gasteiger partial charge in [0.1, 0.15) is 24.4 Å². The second kappa shape index (κ2) is 53.2. The van der Waals surface area contributed by atoms with Crippen LogP contribution < -0.4 is 5.32 Å². The van der Waals surface area contributed by atoms with Gasteiger partial charge < -0.3 is 45.1 Å². The van der Waals surface area contributed by atoms with Gasteiger partial charge in [-0.3, -0.25) is 9.59 Å². The summed E-state index contributed by atoms with van der Waals surface area (Å²) in [7, 11) is 0. The van der Waals surface area contributed by atoms with E-state index in [1.165, 1.54) is 70.6 Å². The normalized spacial score (nSPS) is 19.7. The van der Waals surface area contributed by atoms with Crippen LogP contribution in [0.15, 0.2) is 97.2 Å². The molecule has 0 aliphatic carbocycles. The Hall–Kier alpha value is -3.42. The van der Waals surface area contributed by atoms with Crippen molar-refractivity contribution >= 4 is 11.9 Å². The predicted molar refractivity (Wildman–Crippen MR) is 319 cm³/mol. The Bertz CT molecular complexity index is 1620. The SMILES string of the molecule is CC/C=C/C/C=C/C/C=C/CCCCCC(O)C(=O)NC(COC1OC(CO)C(O)C(O)C1OC(=O)CCCCCCCCC/C=C\C/C=C\C/C=C\C/C=C\CCCCC)C(O)/C=C/CCCCCCCCCCCC. The van der Waals surface area contributed by atoms with Crippen molar-refractivity contribution in [2.24, 2.45) is 0 Å². The first-order chi connectivity index (χ1) is 37.7. The van der Waals surface area contributed by atoms with Gasteiger partial charge in [-0.05, 0) is 103 Å². The summed E-state index contributed by atoms with van der Waals surface area (Å²) in [5.41, 5.74) is 0. The summed E-state index contributed by atoms with van der Waals surface area (Å²) >= 11 is 0. The fourth-order valence-corrected chi connectivity index (χ4v) is 9.06. The minimum absolute atomic E-state index is 0.104. The third-order valence-corrected chi connectivity index (χ3v) is 14.0. The first-order valence-corrected chi connectivity index (χ1v) is 31.0. The topological polar surface area (TPSA) is 175 Å². The summed E-state index contributed by atoms with van der Waals surface area (Å²) in [6, 6.07) is -1.04. The molecule has 1 fully saturated rings. The number of rotatable bonds is 51. The second-order valence-electron chi connectivity index (χ2n) is 21.0. The van der Waals surface area contributed by atoms with Gasteiger partial charge in [0.25, 0.3) is 0 Å². The van der Waals surface area contributed by atoms with Crippen molar-refractivity contribution in [1.29, 1.82) is 0 Å². The van der Waals surface area contributed by atoms with Crippen LogP contribution >= 0.6 is 0 Å². The monoisotopic (exact) mass is 1080 g/mol. The maximum atomic E-state index is 13.4. The Morgan fingerprint density at radius 3 is 1.43 bits per heavy atom. The number of ether oxygens (including phenoxy) is 3. The number of amides is 1. The van der Waals surface area contributed by atoms with Gasteiger partial charge in [-0.15, -0.1) is 0 Å². The molecule has 0 radical (unpaired) electrons. The smallest absolute Gasteiger partial charge is 0.306 e. The maximum absolute atomic E-state index is 13.4. The number of hydrogen-bond donors (Lipinski definition) is 6. The van der Waals surface area contributed by atoms with Gasteiger partial charge in [0.15, 0.2) is 12.4 Å². The van der Waals surface area contributed by atoms with Crippen molar-refractivity contribution in [1.82, 2.24) is 5.32 Å². The summed E-state index contributed by atoms with van der Waals surface area (Å²) in [5.74, 6) is -1.23. The zero-order chi connectivity index (χ0) is 56.1. The summed E-state index contributed by atoms with van der Waals surface area (Å²) < 4.78 is 17.6. The number of allylic oxidation sites excluding steroid dienone is 15. The van der Waals surface area contributed by atoms with Crippen molar-refractivity contribution in [3.8, 4) is 0 Å². The number of unbranched alkanes of at least 4 members (excludes halogenated alkanes) is 23. The van der Waals surface area contributed by atoms with Crippen molar-refractivity contribution < 1.29 is 49.3 Å². The Kier molecular flexibility index (Phi) is 49.5. The highest BCUT2D eigenvalue weighted by Crippen LogP contribution is 2.26. The van der Waals surface area contributed by atoms with Gasteiger partial charge in [0.2, 0.25) is 5.91 Å². The molecular weight excluding hydrogens is 967 g/mol. The van der Waals surface area contributed by atoms with Gasteiger partial charge in [-0.2, -0.15) is 0 Å². The minimum Gasteiger partial charge on any atom is -0.454 e. The Balaban J connectivity index is 2.67. The van der Waals surface area contributed by atoms with Crippen LogP contribution in [0.25, 0.3) is 0 Å². The second-order valence-corrected chi connectivity index (χ2v) is 21.0. The number of hydrogen-bond acceptors (Lipinski definition) is 10. The van der Waals surface area contributed by atoms with E-state index >= 15 is 0 Å². The third kappa shape index (κ3) is 41.3. The van der Waals surface area contributed by atoms with E-state index < -0.39 is 67.4 Å². The average Bonchev–Trinajstić information content (AvgIpc) is 3.43. The molecule has 1 aliphatic rings. The van der Waals surface area contributed by atoms with Crippen molar-refractivity contribution in [3.63, 3.8) is 0 Å². The molecule has 1 aliphatic heterocycles. The molecule has 1 saturated heterocycles. The van der Waals surface area contributed by atoms with Crippen LogP contribution in [-0.2, 0) is 23.8 Å². The molecule has 0 aromatic carbocycles. The minimum atomic E-state index is -1.63. The lowest BCUT2D eigenvalue weighted by Crippen LogP contribution is -2.61. The Labute approximate surface area is 469 Å². The number of esters is 1. The van der Waals surface area contributed by atoms with Crippen LogP contribution in [0.4, 0.5) is 0 Å². The van der Waals surface area contributed by atoms with Gasteiger partial charge >= 0.3 is 5.97 Å². The van der Waals surface area contributed by atoms with Crippen molar-refractivity contribution in [2.45, 2.75) is 294 Å². The van der Waals surface area contributed by atoms with Gasteiger partial charge in [-0.1, -0.05) is 234 Å². The van der Waals surface area contributed by atoms with E-state index in [0.29, 0.717) is 12.8 Å². The lowest BCUT2D eigenvalue weighted by atomic mass is 9.99. The van der Waals surface area contributed by atoms with Crippen LogP contribution in [0.2, 0.25) is 0 Å². The van der Waals surface area contributed by atoms with Crippen LogP contribution in [0.1, 0.15) is 245 Å². The molecule has 0 aromatic rings. The molecule has 8 atom stereocenters. The molecule has 11 heteroatoms. The fourth-order valence-electron chi connectivity index (χ4n) is 9.06. The van der Waals surface area contributed by atoms with E-state index in [9.17, 15) is 35.1 Å². The standard InChI is InChI=1S/C66H113NO10/c1-4-7-10-13-16-19-22-25-26-27-28-29-30-31-32-33-34-36-39-42-45-48-51-54-61(71)77-64-63(73)62(72)60(55-68)76-66(64)75-56-57(58(69)52-49-46-43-40-37-24-21-18-15-12-9-6-3)67-65(74)59(70)53-50-47-44-41-38-35-23-20-17-14-11-8-5-2/h8,11,16-17,19-20,25-26,28-29,31-32,35,38,49,52,57-60,62-64,66,68-70,72-73H,4-7,9-10,12-15,18,21-24,27,30,33-34,36-37,39-48,50-51,53-56H2,1-3H3,(H,67,74)/b11-8+,19-16-,20-17+,26-25-,29-28-,32-31-,38-35+,52-49+. The van der Waals surface area contributed by atoms with Gasteiger partial charge in [0.05, 0.1) is 25.4 Å². The third-order valence-electron chi connectivity index (χ3n) is 14.0. The summed E-state index contributed by atoms with van der Waals surface area (Å²) in [6.45, 7) is 5.61. The maximum Gasteiger partial charge on any atom is 0.306 e. The average molecular weight is 1080 g/mol. The van der Waals surface area contributed by atoms with E-state index in [-0.39, 0.29) is 19.4 Å². The first kappa shape index (κ1) is 71.6. The molecule has 6 N–H and O–H groups in total. The predicted octanol–water partition coefficient (Wildman–Crippen LogP) is 14.7. The molecule has 442 valence electrons. The van der Waals surface area contributed by atoms with Crippen molar-refractivity contribution in [2.75, 3.05) is 13.2 Å². The zero-order valence-electron chi connectivity index (χ0n) is 48.8. The van der Waals surface area contributed by atoms with E-state index in [4.69, 9.17) is 14.2 Å². The molecule has 1 amide bonds. The highest BCUT2D eigenvalue weighted by molar-refractivity contribution is 5.80. The van der Waals surface area contributed by atoms with E-state index in [2.05, 4.69) is 111 Å². The zero-order valence-corrected chi connectivity index (χ0v) is 48.8. The van der Waals surface area contributed by atoms with E-state index in [0.717, 1.165) is 128 Å². The highest BCUT2D eigenvalue weighted by Gasteiger charge is 2.47. The van der Waals surface area contributed by atoms with Crippen LogP contribution in [0.3, 0.4) is 0 Å². The fraction of sp³-hybridized carbons (Fsp3) is 0.727. The van der Waals surface area contributed by atoms with Gasteiger partial charge in [0, 0.05) is 6.42 Å². The first-order valence-electron chi connectivity index (χ1n) is 31.0. The van der Waals surface area contributed by atoms with Crippen LogP contribution in [-0.4, -0.2) is 99.6 Å². The molecule has 0 spiro atoms. The summed E-state index contributed by atoms with van der Waals surface area (Å²) in [4.78, 5) is 26.5. The largest absolute Gasteiger partial charge is 0.454 e. The highest BCUT2D eigenvalue weighted by atomic mass is 16.7. The Morgan fingerprint density at radius 1 is 0.519 bits per heavy atom. The molecule has 0 aromatic heterocycles. The van der Waals surface area contributed by atoms with E-state index in [1.54, 1.807) is 6.08 Å². The number of aliphatic hydroxyl groups is 5. The summed E-state index contributed by atoms with van der Waals surface area (Å²) in [6.07, 6.45) is 60.2. The molecular formula is C66H113NO10. The van der Waals surface area contributed by atoms with Crippen LogP contribution in [0.5, 0.6) is 0 Å². The summed E-state index contributed by atoms with van der Waals surface area (Å²) in [5, 5.41) is 56.9. The molecule has 77 heavy (non-hydrogen) atoms. The van der Waals surface area contributed by atoms with Gasteiger partial charge in [-0.25, -0.2) is 0 Å². The lowest BCUT2D eigenvalue weighted by molar-refractivity contribution is -0.305. The number of carbonyl (C=O) groups is 2. The molecule has 0 bridgehead atoms. The molecule has 8 unspecified atom stereocenters. The Morgan fingerprint density at radius 2 is 0.935 bits per heavy atom. The van der Waals surface area contributed by atoms with Crippen molar-refractivity contribution in [3.05, 3.63) is 97.2 Å².